The molecule has 1 fully saturated rings. The van der Waals surface area contributed by atoms with Gasteiger partial charge in [0.1, 0.15) is 12.2 Å². The number of aromatic hydroxyl groups is 1. The summed E-state index contributed by atoms with van der Waals surface area (Å²) < 4.78 is 7.22. The lowest BCUT2D eigenvalue weighted by Crippen LogP contribution is -2.37. The third-order valence-electron chi connectivity index (χ3n) is 3.02. The van der Waals surface area contributed by atoms with Crippen molar-refractivity contribution in [3.05, 3.63) is 38.0 Å². The van der Waals surface area contributed by atoms with E-state index in [0.29, 0.717) is 12.5 Å². The fourth-order valence-electron chi connectivity index (χ4n) is 1.76. The maximum absolute atomic E-state index is 11.9. The largest absolute Gasteiger partial charge is 0.494 e. The highest BCUT2D eigenvalue weighted by atomic mass is 16.5. The highest BCUT2D eigenvalue weighted by molar-refractivity contribution is 5.53. The molecule has 0 saturated carbocycles. The Balaban J connectivity index is 2.62. The van der Waals surface area contributed by atoms with Gasteiger partial charge in [-0.05, 0) is 0 Å². The first-order chi connectivity index (χ1) is 8.93. The van der Waals surface area contributed by atoms with Gasteiger partial charge in [0.05, 0.1) is 6.54 Å². The second kappa shape index (κ2) is 4.70. The van der Waals surface area contributed by atoms with E-state index in [4.69, 9.17) is 4.74 Å². The Morgan fingerprint density at radius 1 is 1.26 bits per heavy atom. The first-order valence-corrected chi connectivity index (χ1v) is 5.73. The number of ether oxygens (including phenoxy) is 1. The number of nitrogens with zero attached hydrogens (tertiary/aromatic N) is 3. The summed E-state index contributed by atoms with van der Waals surface area (Å²) in [4.78, 5) is 25.3. The third-order valence-corrected chi connectivity index (χ3v) is 3.02. The highest BCUT2D eigenvalue weighted by Gasteiger charge is 2.14. The molecule has 2 heterocycles. The van der Waals surface area contributed by atoms with E-state index < -0.39 is 11.2 Å². The zero-order valence-electron chi connectivity index (χ0n) is 11.0. The lowest BCUT2D eigenvalue weighted by molar-refractivity contribution is 0.246. The molecule has 0 unspecified atom stereocenters. The number of likely N-dealkylation sites (N-methyl/N-ethyl adjacent to an activating group) is 1. The summed E-state index contributed by atoms with van der Waals surface area (Å²) in [6, 6.07) is 0. The van der Waals surface area contributed by atoms with E-state index in [1.54, 1.807) is 0 Å². The number of hydrogen-bond acceptors (Lipinski definition) is 5. The molecular formula is C12H15N3O4. The zero-order valence-corrected chi connectivity index (χ0v) is 11.0. The fraction of sp³-hybridized carbons (Fsp3) is 0.417. The quantitative estimate of drug-likeness (QED) is 0.673. The van der Waals surface area contributed by atoms with Crippen LogP contribution >= 0.6 is 0 Å². The Hall–Kier alpha value is -2.40. The molecule has 0 bridgehead atoms. The topological polar surface area (TPSA) is 76.7 Å². The van der Waals surface area contributed by atoms with Crippen LogP contribution in [0.3, 0.4) is 0 Å². The van der Waals surface area contributed by atoms with Crippen molar-refractivity contribution in [2.75, 3.05) is 20.2 Å². The van der Waals surface area contributed by atoms with Crippen molar-refractivity contribution < 1.29 is 9.84 Å². The average Bonchev–Trinajstić information content (AvgIpc) is 2.80. The van der Waals surface area contributed by atoms with E-state index >= 15 is 0 Å². The summed E-state index contributed by atoms with van der Waals surface area (Å²) in [6.07, 6.45) is 1.33. The van der Waals surface area contributed by atoms with Crippen LogP contribution in [-0.2, 0) is 18.8 Å². The van der Waals surface area contributed by atoms with Gasteiger partial charge in [-0.1, -0.05) is 5.73 Å². The van der Waals surface area contributed by atoms with Crippen LogP contribution in [0.25, 0.3) is 6.08 Å². The molecule has 1 aromatic heterocycles. The molecular weight excluding hydrogens is 250 g/mol. The summed E-state index contributed by atoms with van der Waals surface area (Å²) in [5, 5.41) is 9.84. The van der Waals surface area contributed by atoms with Gasteiger partial charge < -0.3 is 14.7 Å². The average molecular weight is 265 g/mol. The number of hydrogen-bond donors (Lipinski definition) is 1. The minimum atomic E-state index is -0.582. The van der Waals surface area contributed by atoms with E-state index in [2.05, 4.69) is 5.73 Å². The van der Waals surface area contributed by atoms with Gasteiger partial charge in [-0.15, -0.1) is 0 Å². The van der Waals surface area contributed by atoms with Crippen molar-refractivity contribution >= 4 is 6.08 Å². The molecule has 0 spiro atoms. The van der Waals surface area contributed by atoms with Crippen molar-refractivity contribution in [1.29, 1.82) is 0 Å². The number of aromatic nitrogens is 2. The van der Waals surface area contributed by atoms with Crippen LogP contribution in [0.5, 0.6) is 5.88 Å². The van der Waals surface area contributed by atoms with Gasteiger partial charge in [-0.25, -0.2) is 4.79 Å². The molecule has 1 aromatic rings. The summed E-state index contributed by atoms with van der Waals surface area (Å²) in [5.74, 6) is 0.108. The molecule has 7 heteroatoms. The molecule has 19 heavy (non-hydrogen) atoms. The smallest absolute Gasteiger partial charge is 0.333 e. The zero-order chi connectivity index (χ0) is 14.2. The van der Waals surface area contributed by atoms with Crippen molar-refractivity contribution in [2.45, 2.75) is 0 Å². The van der Waals surface area contributed by atoms with Crippen LogP contribution in [0.4, 0.5) is 0 Å². The summed E-state index contributed by atoms with van der Waals surface area (Å²) >= 11 is 0. The molecule has 0 aliphatic carbocycles. The Kier molecular flexibility index (Phi) is 3.23. The number of rotatable bonds is 1. The molecule has 1 saturated heterocycles. The molecule has 7 nitrogen and oxygen atoms in total. The van der Waals surface area contributed by atoms with Crippen molar-refractivity contribution in [2.24, 2.45) is 14.1 Å². The summed E-state index contributed by atoms with van der Waals surface area (Å²) in [6.45, 7) is 1.30. The molecule has 0 radical (unpaired) electrons. The first kappa shape index (κ1) is 13.0. The Bertz CT molecular complexity index is 692. The van der Waals surface area contributed by atoms with Crippen LogP contribution < -0.4 is 11.2 Å². The predicted molar refractivity (Wildman–Crippen MR) is 68.7 cm³/mol. The van der Waals surface area contributed by atoms with Gasteiger partial charge >= 0.3 is 5.69 Å². The molecule has 0 amide bonds. The highest BCUT2D eigenvalue weighted by Crippen LogP contribution is 2.13. The molecule has 0 atom stereocenters. The van der Waals surface area contributed by atoms with E-state index in [9.17, 15) is 14.7 Å². The van der Waals surface area contributed by atoms with Crippen LogP contribution in [-0.4, -0.2) is 39.3 Å². The maximum Gasteiger partial charge on any atom is 0.333 e. The first-order valence-electron chi connectivity index (χ1n) is 5.73. The molecule has 2 rings (SSSR count). The standard InChI is InChI=1S/C12H15N3O4/c1-13-6-7-19-9(13)5-4-8-10(16)14(2)12(18)15(3)11(8)17/h4,16H,6-7H2,1-3H3. The van der Waals surface area contributed by atoms with E-state index in [-0.39, 0.29) is 11.4 Å². The minimum absolute atomic E-state index is 0.000926. The molecule has 1 aliphatic rings. The fourth-order valence-corrected chi connectivity index (χ4v) is 1.76. The second-order valence-electron chi connectivity index (χ2n) is 4.31. The van der Waals surface area contributed by atoms with E-state index in [1.807, 2.05) is 11.9 Å². The molecule has 1 N–H and O–H groups in total. The van der Waals surface area contributed by atoms with Gasteiger partial charge in [-0.3, -0.25) is 13.9 Å². The molecule has 102 valence electrons. The van der Waals surface area contributed by atoms with Crippen LogP contribution in [0, 0.1) is 0 Å². The third kappa shape index (κ3) is 2.15. The monoisotopic (exact) mass is 265 g/mol. The van der Waals surface area contributed by atoms with Crippen LogP contribution in [0.15, 0.2) is 21.2 Å². The van der Waals surface area contributed by atoms with Crippen molar-refractivity contribution in [1.82, 2.24) is 14.0 Å². The van der Waals surface area contributed by atoms with E-state index in [1.165, 1.54) is 20.2 Å². The van der Waals surface area contributed by atoms with Crippen molar-refractivity contribution in [3.8, 4) is 5.88 Å². The summed E-state index contributed by atoms with van der Waals surface area (Å²) in [5.41, 5.74) is 1.65. The van der Waals surface area contributed by atoms with Gasteiger partial charge in [0, 0.05) is 27.2 Å². The lowest BCUT2D eigenvalue weighted by Gasteiger charge is -2.07. The maximum atomic E-state index is 11.9. The Morgan fingerprint density at radius 2 is 1.95 bits per heavy atom. The van der Waals surface area contributed by atoms with Gasteiger partial charge in [0.25, 0.3) is 5.56 Å². The minimum Gasteiger partial charge on any atom is -0.494 e. The second-order valence-corrected chi connectivity index (χ2v) is 4.31. The van der Waals surface area contributed by atoms with Crippen molar-refractivity contribution in [3.63, 3.8) is 0 Å². The van der Waals surface area contributed by atoms with Gasteiger partial charge in [0.2, 0.25) is 11.8 Å². The van der Waals surface area contributed by atoms with Gasteiger partial charge in [0.15, 0.2) is 0 Å². The SMILES string of the molecule is CN1CCOC1=C=Cc1c(O)n(C)c(=O)n(C)c1=O. The summed E-state index contributed by atoms with van der Waals surface area (Å²) in [7, 11) is 4.58. The predicted octanol–water partition coefficient (Wildman–Crippen LogP) is -0.795. The van der Waals surface area contributed by atoms with Crippen LogP contribution in [0.2, 0.25) is 0 Å². The Labute approximate surface area is 109 Å². The van der Waals surface area contributed by atoms with E-state index in [0.717, 1.165) is 15.7 Å². The normalized spacial score (nSPS) is 14.3. The Morgan fingerprint density at radius 3 is 2.53 bits per heavy atom. The molecule has 1 aliphatic heterocycles. The van der Waals surface area contributed by atoms with Gasteiger partial charge in [-0.2, -0.15) is 0 Å². The van der Waals surface area contributed by atoms with Crippen LogP contribution in [0.1, 0.15) is 5.56 Å². The lowest BCUT2D eigenvalue weighted by atomic mass is 10.3. The molecule has 0 aromatic carbocycles.